The topological polar surface area (TPSA) is 30.5 Å². The second-order valence-electron chi connectivity index (χ2n) is 6.81. The second kappa shape index (κ2) is 6.52. The fourth-order valence-electron chi connectivity index (χ4n) is 2.16. The lowest BCUT2D eigenvalue weighted by atomic mass is 9.86. The molecule has 0 aromatic heterocycles. The van der Waals surface area contributed by atoms with E-state index in [9.17, 15) is 0 Å². The molecule has 3 nitrogen and oxygen atoms in total. The molecular weight excluding hydrogens is 262 g/mol. The lowest BCUT2D eigenvalue weighted by Gasteiger charge is -2.23. The summed E-state index contributed by atoms with van der Waals surface area (Å²) in [5, 5.41) is 3.46. The largest absolute Gasteiger partial charge is 0.497 e. The van der Waals surface area contributed by atoms with Crippen LogP contribution in [0.2, 0.25) is 0 Å². The maximum absolute atomic E-state index is 5.98. The number of methoxy groups -OCH3 is 1. The Balaban J connectivity index is 1.99. The van der Waals surface area contributed by atoms with Gasteiger partial charge < -0.3 is 14.8 Å². The van der Waals surface area contributed by atoms with Gasteiger partial charge in [-0.3, -0.25) is 0 Å². The predicted molar refractivity (Wildman–Crippen MR) is 87.4 cm³/mol. The molecule has 1 aliphatic carbocycles. The van der Waals surface area contributed by atoms with Crippen molar-refractivity contribution in [2.45, 2.75) is 45.1 Å². The van der Waals surface area contributed by atoms with Gasteiger partial charge in [-0.05, 0) is 42.0 Å². The summed E-state index contributed by atoms with van der Waals surface area (Å²) < 4.78 is 11.3. The van der Waals surface area contributed by atoms with E-state index in [1.54, 1.807) is 7.11 Å². The predicted octanol–water partition coefficient (Wildman–Crippen LogP) is 3.68. The maximum Gasteiger partial charge on any atom is 0.123 e. The van der Waals surface area contributed by atoms with Gasteiger partial charge in [-0.15, -0.1) is 0 Å². The number of ether oxygens (including phenoxy) is 2. The smallest absolute Gasteiger partial charge is 0.123 e. The van der Waals surface area contributed by atoms with Crippen molar-refractivity contribution in [3.05, 3.63) is 35.9 Å². The molecule has 0 saturated heterocycles. The molecule has 0 amide bonds. The van der Waals surface area contributed by atoms with E-state index in [1.807, 2.05) is 12.1 Å². The molecular formula is C18H27NO2. The molecule has 116 valence electrons. The van der Waals surface area contributed by atoms with Crippen LogP contribution in [-0.2, 0) is 5.41 Å². The van der Waals surface area contributed by atoms with Crippen molar-refractivity contribution in [3.8, 4) is 11.5 Å². The lowest BCUT2D eigenvalue weighted by molar-refractivity contribution is 0.335. The molecule has 1 saturated carbocycles. The zero-order valence-electron chi connectivity index (χ0n) is 13.7. The van der Waals surface area contributed by atoms with Gasteiger partial charge >= 0.3 is 0 Å². The fraction of sp³-hybridized carbons (Fsp3) is 0.556. The fourth-order valence-corrected chi connectivity index (χ4v) is 2.16. The van der Waals surface area contributed by atoms with E-state index in [1.165, 1.54) is 12.8 Å². The first kappa shape index (κ1) is 15.9. The van der Waals surface area contributed by atoms with Crippen LogP contribution in [-0.4, -0.2) is 26.3 Å². The number of hydrogen-bond acceptors (Lipinski definition) is 3. The lowest BCUT2D eigenvalue weighted by Crippen LogP contribution is -2.22. The normalized spacial score (nSPS) is 14.9. The molecule has 0 spiro atoms. The van der Waals surface area contributed by atoms with Crippen molar-refractivity contribution >= 4 is 0 Å². The summed E-state index contributed by atoms with van der Waals surface area (Å²) in [5.74, 6) is 1.78. The van der Waals surface area contributed by atoms with E-state index >= 15 is 0 Å². The monoisotopic (exact) mass is 289 g/mol. The van der Waals surface area contributed by atoms with Crippen LogP contribution in [0.4, 0.5) is 0 Å². The van der Waals surface area contributed by atoms with Crippen LogP contribution in [0.5, 0.6) is 11.5 Å². The minimum Gasteiger partial charge on any atom is -0.497 e. The third kappa shape index (κ3) is 4.78. The molecule has 0 aliphatic heterocycles. The molecule has 1 N–H and O–H groups in total. The van der Waals surface area contributed by atoms with Gasteiger partial charge in [0.25, 0.3) is 0 Å². The third-order valence-corrected chi connectivity index (χ3v) is 3.64. The summed E-state index contributed by atoms with van der Waals surface area (Å²) in [6, 6.07) is 6.69. The number of benzene rings is 1. The first-order valence-corrected chi connectivity index (χ1v) is 7.61. The molecule has 2 rings (SSSR count). The summed E-state index contributed by atoms with van der Waals surface area (Å²) >= 11 is 0. The molecule has 1 aromatic rings. The van der Waals surface area contributed by atoms with Crippen LogP contribution in [0.25, 0.3) is 0 Å². The number of nitrogens with one attached hydrogen (secondary N) is 1. The zero-order valence-corrected chi connectivity index (χ0v) is 13.7. The van der Waals surface area contributed by atoms with Crippen LogP contribution in [0.15, 0.2) is 30.4 Å². The van der Waals surface area contributed by atoms with Crippen LogP contribution >= 0.6 is 0 Å². The molecule has 1 aliphatic rings. The van der Waals surface area contributed by atoms with Gasteiger partial charge in [-0.2, -0.15) is 0 Å². The minimum atomic E-state index is 0.0114. The Morgan fingerprint density at radius 2 is 2.05 bits per heavy atom. The maximum atomic E-state index is 5.98. The van der Waals surface area contributed by atoms with Gasteiger partial charge in [0.2, 0.25) is 0 Å². The molecule has 0 unspecified atom stereocenters. The third-order valence-electron chi connectivity index (χ3n) is 3.64. The summed E-state index contributed by atoms with van der Waals surface area (Å²) in [7, 11) is 1.69. The second-order valence-corrected chi connectivity index (χ2v) is 6.81. The molecule has 0 heterocycles. The highest BCUT2D eigenvalue weighted by molar-refractivity contribution is 5.44. The molecule has 0 atom stereocenters. The van der Waals surface area contributed by atoms with Gasteiger partial charge in [-0.1, -0.05) is 27.4 Å². The summed E-state index contributed by atoms with van der Waals surface area (Å²) in [4.78, 5) is 0. The molecule has 3 heteroatoms. The summed E-state index contributed by atoms with van der Waals surface area (Å²) in [6.45, 7) is 12.0. The molecule has 0 bridgehead atoms. The van der Waals surface area contributed by atoms with E-state index in [-0.39, 0.29) is 5.41 Å². The van der Waals surface area contributed by atoms with Gasteiger partial charge in [0, 0.05) is 18.2 Å². The van der Waals surface area contributed by atoms with Crippen LogP contribution < -0.4 is 14.8 Å². The standard InChI is InChI=1S/C18H27NO2/c1-13(11-19-14-6-7-14)12-21-17-9-8-15(20-5)10-16(17)18(2,3)4/h8-10,14,19H,1,6-7,11-12H2,2-5H3. The summed E-state index contributed by atoms with van der Waals surface area (Å²) in [6.07, 6.45) is 2.58. The summed E-state index contributed by atoms with van der Waals surface area (Å²) in [5.41, 5.74) is 2.25. The Morgan fingerprint density at radius 1 is 1.33 bits per heavy atom. The average Bonchev–Trinajstić information content (AvgIpc) is 3.26. The Morgan fingerprint density at radius 3 is 2.62 bits per heavy atom. The van der Waals surface area contributed by atoms with Crippen molar-refractivity contribution in [2.75, 3.05) is 20.3 Å². The Labute approximate surface area is 128 Å². The van der Waals surface area contributed by atoms with E-state index in [2.05, 4.69) is 38.7 Å². The highest BCUT2D eigenvalue weighted by Gasteiger charge is 2.21. The van der Waals surface area contributed by atoms with Gasteiger partial charge in [0.05, 0.1) is 7.11 Å². The number of rotatable bonds is 7. The average molecular weight is 289 g/mol. The molecule has 21 heavy (non-hydrogen) atoms. The first-order valence-electron chi connectivity index (χ1n) is 7.61. The quantitative estimate of drug-likeness (QED) is 0.777. The first-order chi connectivity index (χ1) is 9.90. The van der Waals surface area contributed by atoms with E-state index in [0.717, 1.165) is 29.2 Å². The van der Waals surface area contributed by atoms with Crippen molar-refractivity contribution in [2.24, 2.45) is 0 Å². The van der Waals surface area contributed by atoms with Crippen molar-refractivity contribution in [1.82, 2.24) is 5.32 Å². The van der Waals surface area contributed by atoms with Crippen LogP contribution in [0, 0.1) is 0 Å². The van der Waals surface area contributed by atoms with Crippen molar-refractivity contribution in [3.63, 3.8) is 0 Å². The molecule has 1 aromatic carbocycles. The number of hydrogen-bond donors (Lipinski definition) is 1. The van der Waals surface area contributed by atoms with Crippen molar-refractivity contribution < 1.29 is 9.47 Å². The van der Waals surface area contributed by atoms with Gasteiger partial charge in [0.1, 0.15) is 18.1 Å². The Bertz CT molecular complexity index is 498. The van der Waals surface area contributed by atoms with E-state index < -0.39 is 0 Å². The SMILES string of the molecule is C=C(CNC1CC1)COc1ccc(OC)cc1C(C)(C)C. The highest BCUT2D eigenvalue weighted by atomic mass is 16.5. The van der Waals surface area contributed by atoms with Crippen molar-refractivity contribution in [1.29, 1.82) is 0 Å². The molecule has 1 fully saturated rings. The molecule has 0 radical (unpaired) electrons. The van der Waals surface area contributed by atoms with Gasteiger partial charge in [-0.25, -0.2) is 0 Å². The van der Waals surface area contributed by atoms with Gasteiger partial charge in [0.15, 0.2) is 0 Å². The van der Waals surface area contributed by atoms with Crippen LogP contribution in [0.1, 0.15) is 39.2 Å². The zero-order chi connectivity index (χ0) is 15.5. The highest BCUT2D eigenvalue weighted by Crippen LogP contribution is 2.34. The Kier molecular flexibility index (Phi) is 4.94. The minimum absolute atomic E-state index is 0.0114. The van der Waals surface area contributed by atoms with E-state index in [0.29, 0.717) is 12.6 Å². The van der Waals surface area contributed by atoms with E-state index in [4.69, 9.17) is 9.47 Å². The Hall–Kier alpha value is -1.48. The van der Waals surface area contributed by atoms with Crippen LogP contribution in [0.3, 0.4) is 0 Å².